The van der Waals surface area contributed by atoms with Gasteiger partial charge in [-0.1, -0.05) is 6.07 Å². The van der Waals surface area contributed by atoms with E-state index >= 15 is 0 Å². The Balaban J connectivity index is 1.86. The molecule has 150 valence electrons. The normalized spacial score (nSPS) is 11.1. The van der Waals surface area contributed by atoms with Crippen molar-refractivity contribution in [2.24, 2.45) is 4.99 Å². The van der Waals surface area contributed by atoms with Gasteiger partial charge in [0, 0.05) is 30.8 Å². The average molecular weight is 390 g/mol. The first-order chi connectivity index (χ1) is 13.5. The monoisotopic (exact) mass is 390 g/mol. The van der Waals surface area contributed by atoms with Crippen LogP contribution in [0.1, 0.15) is 19.4 Å². The van der Waals surface area contributed by atoms with Crippen molar-refractivity contribution in [1.82, 2.24) is 10.6 Å². The molecular weight excluding hydrogens is 366 g/mol. The average Bonchev–Trinajstić information content (AvgIpc) is 2.65. The zero-order valence-corrected chi connectivity index (χ0v) is 15.9. The van der Waals surface area contributed by atoms with E-state index in [1.54, 1.807) is 24.3 Å². The van der Waals surface area contributed by atoms with Crippen molar-refractivity contribution in [2.75, 3.05) is 25.0 Å². The van der Waals surface area contributed by atoms with Crippen LogP contribution in [-0.4, -0.2) is 31.6 Å². The predicted molar refractivity (Wildman–Crippen MR) is 105 cm³/mol. The number of amides is 1. The fourth-order valence-corrected chi connectivity index (χ4v) is 2.38. The molecule has 0 atom stereocenters. The number of aliphatic imine (C=N–C) groups is 1. The Hall–Kier alpha value is -3.16. The summed E-state index contributed by atoms with van der Waals surface area (Å²) in [5.74, 6) is -0.0542. The standard InChI is InChI=1S/C20H24F2N4O2/c1-3-23-20(25-13-15-11-16(21)7-8-19(15)22)24-9-10-28-18-6-4-5-17(12-18)26-14(2)27/h4-8,11-12H,3,9-10,13H2,1-2H3,(H,26,27)(H2,23,24,25). The van der Waals surface area contributed by atoms with Crippen molar-refractivity contribution < 1.29 is 18.3 Å². The number of hydrogen-bond donors (Lipinski definition) is 3. The molecule has 0 saturated carbocycles. The lowest BCUT2D eigenvalue weighted by Gasteiger charge is -2.13. The molecule has 2 aromatic carbocycles. The highest BCUT2D eigenvalue weighted by molar-refractivity contribution is 5.88. The maximum atomic E-state index is 13.7. The Kier molecular flexibility index (Phi) is 8.20. The summed E-state index contributed by atoms with van der Waals surface area (Å²) in [5.41, 5.74) is 0.841. The second kappa shape index (κ2) is 10.9. The molecule has 6 nitrogen and oxygen atoms in total. The van der Waals surface area contributed by atoms with E-state index in [0.29, 0.717) is 37.1 Å². The van der Waals surface area contributed by atoms with Gasteiger partial charge in [-0.3, -0.25) is 4.79 Å². The van der Waals surface area contributed by atoms with Gasteiger partial charge in [-0.25, -0.2) is 13.8 Å². The van der Waals surface area contributed by atoms with Crippen LogP contribution in [0.4, 0.5) is 14.5 Å². The van der Waals surface area contributed by atoms with Crippen molar-refractivity contribution in [1.29, 1.82) is 0 Å². The van der Waals surface area contributed by atoms with Crippen LogP contribution in [0.5, 0.6) is 5.75 Å². The lowest BCUT2D eigenvalue weighted by molar-refractivity contribution is -0.114. The van der Waals surface area contributed by atoms with E-state index < -0.39 is 11.6 Å². The Bertz CT molecular complexity index is 828. The molecule has 0 radical (unpaired) electrons. The zero-order valence-electron chi connectivity index (χ0n) is 15.9. The SMILES string of the molecule is CCNC(=NCc1cc(F)ccc1F)NCCOc1cccc(NC(C)=O)c1. The number of carbonyl (C=O) groups is 1. The number of nitrogens with zero attached hydrogens (tertiary/aromatic N) is 1. The van der Waals surface area contributed by atoms with Crippen LogP contribution in [-0.2, 0) is 11.3 Å². The van der Waals surface area contributed by atoms with Crippen LogP contribution in [0.3, 0.4) is 0 Å². The third-order valence-electron chi connectivity index (χ3n) is 3.58. The summed E-state index contributed by atoms with van der Waals surface area (Å²) in [5, 5.41) is 8.80. The molecule has 28 heavy (non-hydrogen) atoms. The van der Waals surface area contributed by atoms with Crippen LogP contribution < -0.4 is 20.7 Å². The topological polar surface area (TPSA) is 74.8 Å². The molecule has 0 saturated heterocycles. The number of anilines is 1. The Morgan fingerprint density at radius 1 is 1.14 bits per heavy atom. The molecule has 0 aliphatic heterocycles. The van der Waals surface area contributed by atoms with Gasteiger partial charge in [0.25, 0.3) is 0 Å². The van der Waals surface area contributed by atoms with E-state index in [0.717, 1.165) is 18.2 Å². The number of carbonyl (C=O) groups excluding carboxylic acids is 1. The highest BCUT2D eigenvalue weighted by atomic mass is 19.1. The largest absolute Gasteiger partial charge is 0.492 e. The molecule has 3 N–H and O–H groups in total. The van der Waals surface area contributed by atoms with Crippen molar-refractivity contribution >= 4 is 17.6 Å². The van der Waals surface area contributed by atoms with Gasteiger partial charge < -0.3 is 20.7 Å². The highest BCUT2D eigenvalue weighted by Gasteiger charge is 2.04. The number of hydrogen-bond acceptors (Lipinski definition) is 3. The molecule has 0 aliphatic carbocycles. The van der Waals surface area contributed by atoms with Crippen molar-refractivity contribution in [3.63, 3.8) is 0 Å². The minimum Gasteiger partial charge on any atom is -0.492 e. The molecule has 0 unspecified atom stereocenters. The first-order valence-corrected chi connectivity index (χ1v) is 8.94. The zero-order chi connectivity index (χ0) is 20.4. The fourth-order valence-electron chi connectivity index (χ4n) is 2.38. The van der Waals surface area contributed by atoms with E-state index in [9.17, 15) is 13.6 Å². The van der Waals surface area contributed by atoms with Crippen molar-refractivity contribution in [2.45, 2.75) is 20.4 Å². The summed E-state index contributed by atoms with van der Waals surface area (Å²) < 4.78 is 32.6. The third kappa shape index (κ3) is 7.22. The summed E-state index contributed by atoms with van der Waals surface area (Å²) in [4.78, 5) is 15.4. The predicted octanol–water partition coefficient (Wildman–Crippen LogP) is 3.06. The maximum Gasteiger partial charge on any atom is 0.221 e. The summed E-state index contributed by atoms with van der Waals surface area (Å²) in [6.07, 6.45) is 0. The van der Waals surface area contributed by atoms with Crippen LogP contribution >= 0.6 is 0 Å². The van der Waals surface area contributed by atoms with Crippen molar-refractivity contribution in [3.8, 4) is 5.75 Å². The second-order valence-corrected chi connectivity index (χ2v) is 5.92. The Morgan fingerprint density at radius 2 is 1.96 bits per heavy atom. The highest BCUT2D eigenvalue weighted by Crippen LogP contribution is 2.17. The minimum atomic E-state index is -0.501. The second-order valence-electron chi connectivity index (χ2n) is 5.92. The molecule has 0 bridgehead atoms. The van der Waals surface area contributed by atoms with Gasteiger partial charge in [-0.05, 0) is 37.3 Å². The van der Waals surface area contributed by atoms with E-state index in [1.165, 1.54) is 6.92 Å². The van der Waals surface area contributed by atoms with Crippen molar-refractivity contribution in [3.05, 3.63) is 59.7 Å². The van der Waals surface area contributed by atoms with Crippen LogP contribution in [0.15, 0.2) is 47.5 Å². The smallest absolute Gasteiger partial charge is 0.221 e. The Morgan fingerprint density at radius 3 is 2.71 bits per heavy atom. The lowest BCUT2D eigenvalue weighted by Crippen LogP contribution is -2.39. The van der Waals surface area contributed by atoms with Crippen LogP contribution in [0.25, 0.3) is 0 Å². The lowest BCUT2D eigenvalue weighted by atomic mass is 10.2. The van der Waals surface area contributed by atoms with Gasteiger partial charge in [0.1, 0.15) is 24.0 Å². The summed E-state index contributed by atoms with van der Waals surface area (Å²) in [6.45, 7) is 4.78. The summed E-state index contributed by atoms with van der Waals surface area (Å²) >= 11 is 0. The number of halogens is 2. The van der Waals surface area contributed by atoms with E-state index in [1.807, 2.05) is 6.92 Å². The molecule has 2 aromatic rings. The first-order valence-electron chi connectivity index (χ1n) is 8.94. The van der Waals surface area contributed by atoms with Gasteiger partial charge in [0.2, 0.25) is 5.91 Å². The van der Waals surface area contributed by atoms with Gasteiger partial charge in [-0.15, -0.1) is 0 Å². The number of rotatable bonds is 8. The van der Waals surface area contributed by atoms with E-state index in [2.05, 4.69) is 20.9 Å². The van der Waals surface area contributed by atoms with Gasteiger partial charge >= 0.3 is 0 Å². The summed E-state index contributed by atoms with van der Waals surface area (Å²) in [6, 6.07) is 10.4. The number of ether oxygens (including phenoxy) is 1. The summed E-state index contributed by atoms with van der Waals surface area (Å²) in [7, 11) is 0. The number of nitrogens with one attached hydrogen (secondary N) is 3. The molecule has 0 spiro atoms. The first kappa shape index (κ1) is 21.1. The minimum absolute atomic E-state index is 0.0124. The maximum absolute atomic E-state index is 13.7. The molecular formula is C20H24F2N4O2. The Labute approximate surface area is 163 Å². The number of guanidine groups is 1. The molecule has 0 aliphatic rings. The molecule has 1 amide bonds. The third-order valence-corrected chi connectivity index (χ3v) is 3.58. The fraction of sp³-hybridized carbons (Fsp3) is 0.300. The van der Waals surface area contributed by atoms with Gasteiger partial charge in [0.15, 0.2) is 5.96 Å². The molecule has 0 fully saturated rings. The van der Waals surface area contributed by atoms with E-state index in [-0.39, 0.29) is 18.0 Å². The van der Waals surface area contributed by atoms with Crippen LogP contribution in [0, 0.1) is 11.6 Å². The van der Waals surface area contributed by atoms with Gasteiger partial charge in [-0.2, -0.15) is 0 Å². The molecule has 8 heteroatoms. The molecule has 0 aromatic heterocycles. The quantitative estimate of drug-likeness (QED) is 0.368. The molecule has 2 rings (SSSR count). The molecule has 0 heterocycles. The van der Waals surface area contributed by atoms with Crippen LogP contribution in [0.2, 0.25) is 0 Å². The number of benzene rings is 2. The van der Waals surface area contributed by atoms with E-state index in [4.69, 9.17) is 4.74 Å². The van der Waals surface area contributed by atoms with Gasteiger partial charge in [0.05, 0.1) is 13.1 Å².